The molecule has 25 heavy (non-hydrogen) atoms. The number of anilines is 2. The number of benzene rings is 1. The van der Waals surface area contributed by atoms with Gasteiger partial charge < -0.3 is 14.9 Å². The van der Waals surface area contributed by atoms with Crippen LogP contribution in [-0.2, 0) is 16.0 Å². The number of nitrogens with zero attached hydrogens (tertiary/aromatic N) is 2. The Labute approximate surface area is 153 Å². The monoisotopic (exact) mass is 364 g/mol. The summed E-state index contributed by atoms with van der Waals surface area (Å²) in [6.07, 6.45) is 5.98. The third-order valence-corrected chi connectivity index (χ3v) is 5.42. The van der Waals surface area contributed by atoms with Crippen molar-refractivity contribution in [1.82, 2.24) is 0 Å². The summed E-state index contributed by atoms with van der Waals surface area (Å²) in [7, 11) is 0. The zero-order chi connectivity index (χ0) is 17.8. The Bertz CT molecular complexity index is 656. The first-order valence-electron chi connectivity index (χ1n) is 9.16. The molecule has 1 N–H and O–H groups in total. The molecule has 6 heteroatoms. The number of amides is 1. The Morgan fingerprint density at radius 1 is 1.04 bits per heavy atom. The molecule has 1 aromatic rings. The van der Waals surface area contributed by atoms with Crippen molar-refractivity contribution >= 4 is 34.9 Å². The number of carboxylic acid groups (broad SMARTS) is 1. The molecule has 2 heterocycles. The van der Waals surface area contributed by atoms with E-state index in [4.69, 9.17) is 16.7 Å². The van der Waals surface area contributed by atoms with Gasteiger partial charge in [-0.15, -0.1) is 0 Å². The molecule has 0 spiro atoms. The fourth-order valence-corrected chi connectivity index (χ4v) is 4.02. The highest BCUT2D eigenvalue weighted by Crippen LogP contribution is 2.39. The third kappa shape index (κ3) is 4.27. The van der Waals surface area contributed by atoms with Crippen LogP contribution in [0.25, 0.3) is 0 Å². The molecule has 0 atom stereocenters. The molecule has 136 valence electrons. The van der Waals surface area contributed by atoms with E-state index in [1.165, 1.54) is 12.8 Å². The van der Waals surface area contributed by atoms with Crippen molar-refractivity contribution in [1.29, 1.82) is 0 Å². The summed E-state index contributed by atoms with van der Waals surface area (Å²) in [5, 5.41) is 9.41. The average molecular weight is 365 g/mol. The zero-order valence-electron chi connectivity index (χ0n) is 14.5. The number of carbonyl (C=O) groups excluding carboxylic acids is 1. The Morgan fingerprint density at radius 2 is 1.76 bits per heavy atom. The Kier molecular flexibility index (Phi) is 5.84. The highest BCUT2D eigenvalue weighted by atomic mass is 35.5. The van der Waals surface area contributed by atoms with E-state index in [2.05, 4.69) is 11.0 Å². The second-order valence-electron chi connectivity index (χ2n) is 6.87. The lowest BCUT2D eigenvalue weighted by molar-refractivity contribution is -0.137. The van der Waals surface area contributed by atoms with Crippen molar-refractivity contribution in [3.8, 4) is 0 Å². The molecule has 1 saturated heterocycles. The lowest BCUT2D eigenvalue weighted by Crippen LogP contribution is -2.28. The van der Waals surface area contributed by atoms with Crippen molar-refractivity contribution in [3.05, 3.63) is 22.7 Å². The first kappa shape index (κ1) is 18.1. The molecular weight excluding hydrogens is 340 g/mol. The van der Waals surface area contributed by atoms with Crippen LogP contribution in [0.15, 0.2) is 12.1 Å². The number of carboxylic acids is 1. The van der Waals surface area contributed by atoms with E-state index in [-0.39, 0.29) is 12.3 Å². The second kappa shape index (κ2) is 8.09. The molecule has 1 aromatic carbocycles. The molecule has 2 aliphatic rings. The van der Waals surface area contributed by atoms with Gasteiger partial charge in [0.05, 0.1) is 5.69 Å². The SMILES string of the molecule is O=C(O)CCCCCC(=O)N1CCc2c(Cl)cc(N3CCCC3)cc21. The highest BCUT2D eigenvalue weighted by Gasteiger charge is 2.28. The third-order valence-electron chi connectivity index (χ3n) is 5.09. The summed E-state index contributed by atoms with van der Waals surface area (Å²) in [6, 6.07) is 4.15. The Morgan fingerprint density at radius 3 is 2.48 bits per heavy atom. The van der Waals surface area contributed by atoms with Crippen LogP contribution in [0.1, 0.15) is 50.5 Å². The standard InChI is InChI=1S/C19H25ClN2O3/c20-16-12-14(21-9-4-5-10-21)13-17-15(16)8-11-22(17)18(23)6-2-1-3-7-19(24)25/h12-13H,1-11H2,(H,24,25). The molecule has 1 fully saturated rings. The maximum Gasteiger partial charge on any atom is 0.303 e. The van der Waals surface area contributed by atoms with Gasteiger partial charge in [-0.2, -0.15) is 0 Å². The van der Waals surface area contributed by atoms with Crippen LogP contribution >= 0.6 is 11.6 Å². The number of rotatable bonds is 7. The van der Waals surface area contributed by atoms with Gasteiger partial charge in [-0.25, -0.2) is 0 Å². The van der Waals surface area contributed by atoms with Gasteiger partial charge in [0.1, 0.15) is 0 Å². The number of hydrogen-bond donors (Lipinski definition) is 1. The van der Waals surface area contributed by atoms with Crippen LogP contribution in [-0.4, -0.2) is 36.6 Å². The maximum absolute atomic E-state index is 12.6. The Hall–Kier alpha value is -1.75. The fourth-order valence-electron chi connectivity index (χ4n) is 3.72. The lowest BCUT2D eigenvalue weighted by atomic mass is 10.1. The van der Waals surface area contributed by atoms with E-state index < -0.39 is 5.97 Å². The van der Waals surface area contributed by atoms with Crippen molar-refractivity contribution in [2.24, 2.45) is 0 Å². The summed E-state index contributed by atoms with van der Waals surface area (Å²) in [6.45, 7) is 2.78. The maximum atomic E-state index is 12.6. The van der Waals surface area contributed by atoms with Crippen LogP contribution < -0.4 is 9.80 Å². The predicted molar refractivity (Wildman–Crippen MR) is 99.7 cm³/mol. The van der Waals surface area contributed by atoms with Gasteiger partial charge in [0, 0.05) is 43.2 Å². The number of unbranched alkanes of at least 4 members (excludes halogenated alkanes) is 2. The number of fused-ring (bicyclic) bond motifs is 1. The van der Waals surface area contributed by atoms with Gasteiger partial charge in [-0.05, 0) is 49.8 Å². The van der Waals surface area contributed by atoms with E-state index >= 15 is 0 Å². The molecule has 0 bridgehead atoms. The molecule has 2 aliphatic heterocycles. The van der Waals surface area contributed by atoms with Crippen molar-refractivity contribution < 1.29 is 14.7 Å². The molecule has 5 nitrogen and oxygen atoms in total. The molecule has 3 rings (SSSR count). The zero-order valence-corrected chi connectivity index (χ0v) is 15.2. The minimum atomic E-state index is -0.774. The first-order valence-corrected chi connectivity index (χ1v) is 9.53. The second-order valence-corrected chi connectivity index (χ2v) is 7.28. The molecule has 0 unspecified atom stereocenters. The highest BCUT2D eigenvalue weighted by molar-refractivity contribution is 6.32. The minimum absolute atomic E-state index is 0.115. The summed E-state index contributed by atoms with van der Waals surface area (Å²) >= 11 is 6.48. The van der Waals surface area contributed by atoms with Gasteiger partial charge in [-0.3, -0.25) is 9.59 Å². The van der Waals surface area contributed by atoms with Crippen LogP contribution in [0, 0.1) is 0 Å². The average Bonchev–Trinajstić information content (AvgIpc) is 3.23. The van der Waals surface area contributed by atoms with Gasteiger partial charge in [-0.1, -0.05) is 18.0 Å². The normalized spacial score (nSPS) is 16.4. The molecule has 0 aromatic heterocycles. The van der Waals surface area contributed by atoms with Crippen molar-refractivity contribution in [3.63, 3.8) is 0 Å². The lowest BCUT2D eigenvalue weighted by Gasteiger charge is -2.22. The van der Waals surface area contributed by atoms with Gasteiger partial charge >= 0.3 is 5.97 Å². The quantitative estimate of drug-likeness (QED) is 0.746. The van der Waals surface area contributed by atoms with Crippen LogP contribution in [0.5, 0.6) is 0 Å². The number of halogens is 1. The number of carbonyl (C=O) groups is 2. The van der Waals surface area contributed by atoms with Crippen LogP contribution in [0.3, 0.4) is 0 Å². The van der Waals surface area contributed by atoms with Gasteiger partial charge in [0.2, 0.25) is 5.91 Å². The van der Waals surface area contributed by atoms with E-state index in [9.17, 15) is 9.59 Å². The first-order chi connectivity index (χ1) is 12.1. The minimum Gasteiger partial charge on any atom is -0.481 e. The predicted octanol–water partition coefficient (Wildman–Crippen LogP) is 3.86. The summed E-state index contributed by atoms with van der Waals surface area (Å²) in [5.74, 6) is -0.660. The summed E-state index contributed by atoms with van der Waals surface area (Å²) < 4.78 is 0. The van der Waals surface area contributed by atoms with Crippen LogP contribution in [0.2, 0.25) is 5.02 Å². The van der Waals surface area contributed by atoms with E-state index in [0.29, 0.717) is 19.4 Å². The number of aliphatic carboxylic acids is 1. The molecular formula is C19H25ClN2O3. The van der Waals surface area contributed by atoms with Crippen molar-refractivity contribution in [2.75, 3.05) is 29.4 Å². The van der Waals surface area contributed by atoms with Gasteiger partial charge in [0.25, 0.3) is 0 Å². The van der Waals surface area contributed by atoms with E-state index in [1.54, 1.807) is 0 Å². The topological polar surface area (TPSA) is 60.9 Å². The fraction of sp³-hybridized carbons (Fsp3) is 0.579. The van der Waals surface area contributed by atoms with E-state index in [0.717, 1.165) is 54.3 Å². The largest absolute Gasteiger partial charge is 0.481 e. The molecule has 0 aliphatic carbocycles. The van der Waals surface area contributed by atoms with E-state index in [1.807, 2.05) is 11.0 Å². The molecule has 1 amide bonds. The number of hydrogen-bond acceptors (Lipinski definition) is 3. The van der Waals surface area contributed by atoms with Gasteiger partial charge in [0.15, 0.2) is 0 Å². The molecule has 0 saturated carbocycles. The summed E-state index contributed by atoms with van der Waals surface area (Å²) in [4.78, 5) is 27.3. The van der Waals surface area contributed by atoms with Crippen molar-refractivity contribution in [2.45, 2.75) is 51.4 Å². The smallest absolute Gasteiger partial charge is 0.303 e. The van der Waals surface area contributed by atoms with Crippen LogP contribution in [0.4, 0.5) is 11.4 Å². The summed E-state index contributed by atoms with van der Waals surface area (Å²) in [5.41, 5.74) is 3.15. The molecule has 0 radical (unpaired) electrons. The Balaban J connectivity index is 1.63.